The van der Waals surface area contributed by atoms with E-state index >= 15 is 0 Å². The van der Waals surface area contributed by atoms with Crippen LogP contribution in [-0.4, -0.2) is 23.5 Å². The second-order valence-corrected chi connectivity index (χ2v) is 6.36. The number of carboxylic acid groups (broad SMARTS) is 1. The quantitative estimate of drug-likeness (QED) is 0.451. The molecule has 2 rings (SSSR count). The molecule has 0 radical (unpaired) electrons. The number of carbonyl (C=O) groups is 2. The molecule has 0 heterocycles. The smallest absolute Gasteiger partial charge is 0.304 e. The molecule has 26 heavy (non-hydrogen) atoms. The van der Waals surface area contributed by atoms with Crippen LogP contribution < -0.4 is 4.74 Å². The minimum absolute atomic E-state index is 0.187. The summed E-state index contributed by atoms with van der Waals surface area (Å²) in [6, 6.07) is 16.0. The Bertz CT molecular complexity index is 692. The number of carboxylic acids is 1. The van der Waals surface area contributed by atoms with E-state index in [1.54, 1.807) is 36.4 Å². The van der Waals surface area contributed by atoms with Gasteiger partial charge in [0.15, 0.2) is 5.78 Å². The Kier molecular flexibility index (Phi) is 7.87. The van der Waals surface area contributed by atoms with Crippen LogP contribution in [-0.2, 0) is 4.79 Å². The summed E-state index contributed by atoms with van der Waals surface area (Å²) in [6.45, 7) is 2.84. The summed E-state index contributed by atoms with van der Waals surface area (Å²) >= 11 is 0. The normalized spacial score (nSPS) is 11.7. The summed E-state index contributed by atoms with van der Waals surface area (Å²) < 4.78 is 5.69. The van der Waals surface area contributed by atoms with Gasteiger partial charge in [-0.25, -0.2) is 0 Å². The van der Waals surface area contributed by atoms with Gasteiger partial charge in [0.2, 0.25) is 0 Å². The highest BCUT2D eigenvalue weighted by Crippen LogP contribution is 2.25. The van der Waals surface area contributed by atoms with Gasteiger partial charge in [0.1, 0.15) is 5.75 Å². The van der Waals surface area contributed by atoms with Crippen LogP contribution in [0.5, 0.6) is 5.75 Å². The third kappa shape index (κ3) is 6.03. The van der Waals surface area contributed by atoms with E-state index < -0.39 is 11.9 Å². The van der Waals surface area contributed by atoms with Crippen LogP contribution in [0.15, 0.2) is 54.6 Å². The summed E-state index contributed by atoms with van der Waals surface area (Å²) in [5.41, 5.74) is 1.22. The molecule has 0 fully saturated rings. The van der Waals surface area contributed by atoms with Gasteiger partial charge in [0.25, 0.3) is 0 Å². The van der Waals surface area contributed by atoms with Gasteiger partial charge in [-0.05, 0) is 36.2 Å². The highest BCUT2D eigenvalue weighted by atomic mass is 16.5. The van der Waals surface area contributed by atoms with Crippen molar-refractivity contribution in [1.82, 2.24) is 0 Å². The lowest BCUT2D eigenvalue weighted by molar-refractivity contribution is -0.137. The number of ether oxygens (including phenoxy) is 1. The zero-order chi connectivity index (χ0) is 18.8. The largest absolute Gasteiger partial charge is 0.494 e. The number of rotatable bonds is 11. The predicted octanol–water partition coefficient (Wildman–Crippen LogP) is 5.09. The lowest BCUT2D eigenvalue weighted by Crippen LogP contribution is -2.17. The molecule has 0 bridgehead atoms. The Balaban J connectivity index is 2.03. The monoisotopic (exact) mass is 354 g/mol. The summed E-state index contributed by atoms with van der Waals surface area (Å²) in [7, 11) is 0. The average Bonchev–Trinajstić information content (AvgIpc) is 2.66. The van der Waals surface area contributed by atoms with Crippen LogP contribution in [0.2, 0.25) is 0 Å². The second-order valence-electron chi connectivity index (χ2n) is 6.36. The van der Waals surface area contributed by atoms with Crippen molar-refractivity contribution in [2.24, 2.45) is 0 Å². The highest BCUT2D eigenvalue weighted by Gasteiger charge is 2.24. The molecule has 0 aliphatic rings. The van der Waals surface area contributed by atoms with Crippen LogP contribution >= 0.6 is 0 Å². The van der Waals surface area contributed by atoms with Gasteiger partial charge < -0.3 is 9.84 Å². The van der Waals surface area contributed by atoms with Gasteiger partial charge in [-0.15, -0.1) is 0 Å². The minimum Gasteiger partial charge on any atom is -0.494 e. The first-order valence-corrected chi connectivity index (χ1v) is 9.15. The van der Waals surface area contributed by atoms with Gasteiger partial charge in [-0.3, -0.25) is 9.59 Å². The van der Waals surface area contributed by atoms with E-state index in [-0.39, 0.29) is 12.2 Å². The van der Waals surface area contributed by atoms with Crippen molar-refractivity contribution in [3.05, 3.63) is 65.7 Å². The van der Waals surface area contributed by atoms with Crippen molar-refractivity contribution in [3.8, 4) is 5.75 Å². The Morgan fingerprint density at radius 2 is 1.65 bits per heavy atom. The lowest BCUT2D eigenvalue weighted by atomic mass is 9.88. The SMILES string of the molecule is CCCCCCOc1ccc(C(=O)C(CC(=O)O)c2ccccc2)cc1. The number of aliphatic carboxylic acids is 1. The molecule has 1 N–H and O–H groups in total. The number of hydrogen-bond acceptors (Lipinski definition) is 3. The van der Waals surface area contributed by atoms with Gasteiger partial charge in [-0.1, -0.05) is 56.5 Å². The molecule has 0 saturated heterocycles. The lowest BCUT2D eigenvalue weighted by Gasteiger charge is -2.15. The van der Waals surface area contributed by atoms with E-state index in [4.69, 9.17) is 4.74 Å². The number of Topliss-reactive ketones (excluding diaryl/α,β-unsaturated/α-hetero) is 1. The van der Waals surface area contributed by atoms with Crippen LogP contribution in [0, 0.1) is 0 Å². The molecule has 1 atom stereocenters. The van der Waals surface area contributed by atoms with E-state index in [0.29, 0.717) is 12.2 Å². The molecule has 0 amide bonds. The van der Waals surface area contributed by atoms with Crippen LogP contribution in [0.25, 0.3) is 0 Å². The third-order valence-corrected chi connectivity index (χ3v) is 4.30. The van der Waals surface area contributed by atoms with Gasteiger partial charge in [-0.2, -0.15) is 0 Å². The molecule has 0 saturated carbocycles. The number of hydrogen-bond donors (Lipinski definition) is 1. The zero-order valence-electron chi connectivity index (χ0n) is 15.2. The van der Waals surface area contributed by atoms with Crippen molar-refractivity contribution in [1.29, 1.82) is 0 Å². The zero-order valence-corrected chi connectivity index (χ0v) is 15.2. The first-order valence-electron chi connectivity index (χ1n) is 9.15. The molecular formula is C22H26O4. The Morgan fingerprint density at radius 3 is 2.27 bits per heavy atom. The van der Waals surface area contributed by atoms with Crippen LogP contribution in [0.1, 0.15) is 60.9 Å². The number of benzene rings is 2. The molecule has 0 aromatic heterocycles. The highest BCUT2D eigenvalue weighted by molar-refractivity contribution is 6.02. The Morgan fingerprint density at radius 1 is 0.962 bits per heavy atom. The van der Waals surface area contributed by atoms with Crippen molar-refractivity contribution >= 4 is 11.8 Å². The molecule has 0 aliphatic heterocycles. The molecule has 4 heteroatoms. The molecule has 0 aliphatic carbocycles. The van der Waals surface area contributed by atoms with E-state index in [1.165, 1.54) is 12.8 Å². The van der Waals surface area contributed by atoms with Crippen molar-refractivity contribution < 1.29 is 19.4 Å². The van der Waals surface area contributed by atoms with Crippen LogP contribution in [0.4, 0.5) is 0 Å². The van der Waals surface area contributed by atoms with Crippen LogP contribution in [0.3, 0.4) is 0 Å². The molecule has 138 valence electrons. The fourth-order valence-corrected chi connectivity index (χ4v) is 2.86. The summed E-state index contributed by atoms with van der Waals surface area (Å²) in [5, 5.41) is 9.17. The fourth-order valence-electron chi connectivity index (χ4n) is 2.86. The van der Waals surface area contributed by atoms with E-state index in [2.05, 4.69) is 6.92 Å². The number of carbonyl (C=O) groups excluding carboxylic acids is 1. The Hall–Kier alpha value is -2.62. The molecule has 2 aromatic rings. The summed E-state index contributed by atoms with van der Waals surface area (Å²) in [6.07, 6.45) is 4.35. The van der Waals surface area contributed by atoms with Crippen molar-refractivity contribution in [2.45, 2.75) is 44.9 Å². The molecular weight excluding hydrogens is 328 g/mol. The molecule has 2 aromatic carbocycles. The fraction of sp³-hybridized carbons (Fsp3) is 0.364. The van der Waals surface area contributed by atoms with Gasteiger partial charge >= 0.3 is 5.97 Å². The number of ketones is 1. The first-order chi connectivity index (χ1) is 12.6. The minimum atomic E-state index is -0.987. The van der Waals surface area contributed by atoms with E-state index in [9.17, 15) is 14.7 Å². The van der Waals surface area contributed by atoms with Crippen molar-refractivity contribution in [2.75, 3.05) is 6.61 Å². The number of unbranched alkanes of at least 4 members (excludes halogenated alkanes) is 3. The molecule has 0 spiro atoms. The second kappa shape index (κ2) is 10.4. The first kappa shape index (κ1) is 19.7. The predicted molar refractivity (Wildman–Crippen MR) is 102 cm³/mol. The Labute approximate surface area is 154 Å². The standard InChI is InChI=1S/C22H26O4/c1-2-3-4-8-15-26-19-13-11-18(12-14-19)22(25)20(16-21(23)24)17-9-6-5-7-10-17/h5-7,9-14,20H,2-4,8,15-16H2,1H3,(H,23,24). The van der Waals surface area contributed by atoms with E-state index in [0.717, 1.165) is 24.2 Å². The topological polar surface area (TPSA) is 63.6 Å². The maximum absolute atomic E-state index is 12.8. The summed E-state index contributed by atoms with van der Waals surface area (Å²) in [5.74, 6) is -1.13. The van der Waals surface area contributed by atoms with Crippen molar-refractivity contribution in [3.63, 3.8) is 0 Å². The van der Waals surface area contributed by atoms with E-state index in [1.807, 2.05) is 18.2 Å². The molecule has 4 nitrogen and oxygen atoms in total. The third-order valence-electron chi connectivity index (χ3n) is 4.30. The maximum Gasteiger partial charge on any atom is 0.304 e. The molecule has 1 unspecified atom stereocenters. The van der Waals surface area contributed by atoms with Gasteiger partial charge in [0, 0.05) is 5.56 Å². The summed E-state index contributed by atoms with van der Waals surface area (Å²) in [4.78, 5) is 24.0. The maximum atomic E-state index is 12.8. The average molecular weight is 354 g/mol. The van der Waals surface area contributed by atoms with Gasteiger partial charge in [0.05, 0.1) is 18.9 Å².